The number of anilines is 2. The molecule has 10 heteroatoms. The van der Waals surface area contributed by atoms with Gasteiger partial charge in [-0.2, -0.15) is 5.10 Å². The quantitative estimate of drug-likeness (QED) is 0.288. The molecule has 0 saturated carbocycles. The fourth-order valence-electron chi connectivity index (χ4n) is 4.50. The van der Waals surface area contributed by atoms with Crippen molar-refractivity contribution < 1.29 is 14.3 Å². The van der Waals surface area contributed by atoms with E-state index in [0.717, 1.165) is 33.6 Å². The summed E-state index contributed by atoms with van der Waals surface area (Å²) in [5.74, 6) is 1.60. The summed E-state index contributed by atoms with van der Waals surface area (Å²) in [6.45, 7) is 9.30. The first-order chi connectivity index (χ1) is 19.6. The van der Waals surface area contributed by atoms with Crippen LogP contribution in [-0.2, 0) is 22.6 Å². The van der Waals surface area contributed by atoms with Crippen molar-refractivity contribution in [1.82, 2.24) is 30.4 Å². The van der Waals surface area contributed by atoms with Crippen LogP contribution in [0.1, 0.15) is 39.0 Å². The van der Waals surface area contributed by atoms with Crippen LogP contribution in [0.3, 0.4) is 0 Å². The Hall–Kier alpha value is -4.73. The number of aromatic amines is 1. The number of amides is 2. The number of H-pyrrole nitrogens is 1. The topological polar surface area (TPSA) is 125 Å². The van der Waals surface area contributed by atoms with Gasteiger partial charge in [0.2, 0.25) is 5.91 Å². The second kappa shape index (κ2) is 11.8. The highest BCUT2D eigenvalue weighted by Gasteiger charge is 2.24. The monoisotopic (exact) mass is 553 g/mol. The Labute approximate surface area is 239 Å². The van der Waals surface area contributed by atoms with E-state index in [1.165, 1.54) is 0 Å². The van der Waals surface area contributed by atoms with Gasteiger partial charge in [0.05, 0.1) is 18.4 Å². The van der Waals surface area contributed by atoms with Crippen molar-refractivity contribution in [1.29, 1.82) is 0 Å². The lowest BCUT2D eigenvalue weighted by molar-refractivity contribution is -0.129. The minimum Gasteiger partial charge on any atom is -0.484 e. The molecule has 0 radical (unpaired) electrons. The minimum atomic E-state index is -0.171. The van der Waals surface area contributed by atoms with E-state index in [0.29, 0.717) is 43.4 Å². The van der Waals surface area contributed by atoms with Gasteiger partial charge in [0.1, 0.15) is 11.6 Å². The Morgan fingerprint density at radius 3 is 2.56 bits per heavy atom. The molecule has 2 amide bonds. The average molecular weight is 554 g/mol. The molecule has 2 aromatic carbocycles. The van der Waals surface area contributed by atoms with Gasteiger partial charge in [-0.1, -0.05) is 45.0 Å². The third-order valence-electron chi connectivity index (χ3n) is 6.76. The normalized spacial score (nSPS) is 12.9. The summed E-state index contributed by atoms with van der Waals surface area (Å²) in [7, 11) is 0. The van der Waals surface area contributed by atoms with Crippen LogP contribution < -0.4 is 15.4 Å². The lowest BCUT2D eigenvalue weighted by Crippen LogP contribution is -2.35. The number of fused-ring (bicyclic) bond motifs is 1. The number of rotatable bonds is 8. The fraction of sp³-hybridized carbons (Fsp3) is 0.323. The molecule has 1 aliphatic heterocycles. The zero-order valence-corrected chi connectivity index (χ0v) is 23.8. The highest BCUT2D eigenvalue weighted by Crippen LogP contribution is 2.31. The highest BCUT2D eigenvalue weighted by atomic mass is 16.5. The first-order valence-electron chi connectivity index (χ1n) is 13.7. The van der Waals surface area contributed by atoms with E-state index in [4.69, 9.17) is 14.7 Å². The summed E-state index contributed by atoms with van der Waals surface area (Å²) in [6.07, 6.45) is 4.26. The van der Waals surface area contributed by atoms with Crippen LogP contribution in [0.15, 0.2) is 60.9 Å². The molecule has 0 atom stereocenters. The van der Waals surface area contributed by atoms with Crippen LogP contribution in [-0.4, -0.2) is 56.6 Å². The number of hydrogen-bond acceptors (Lipinski definition) is 7. The zero-order chi connectivity index (χ0) is 29.0. The lowest BCUT2D eigenvalue weighted by Gasteiger charge is -2.29. The molecule has 41 heavy (non-hydrogen) atoms. The van der Waals surface area contributed by atoms with E-state index < -0.39 is 0 Å². The Bertz CT molecular complexity index is 1530. The Kier molecular flexibility index (Phi) is 8.00. The molecule has 10 nitrogen and oxygen atoms in total. The number of nitrogens with zero attached hydrogens (tertiary/aromatic N) is 4. The van der Waals surface area contributed by atoms with Crippen LogP contribution >= 0.6 is 0 Å². The number of aromatic nitrogens is 4. The van der Waals surface area contributed by atoms with Gasteiger partial charge in [0, 0.05) is 55.0 Å². The van der Waals surface area contributed by atoms with Crippen molar-refractivity contribution in [2.75, 3.05) is 25.0 Å². The van der Waals surface area contributed by atoms with Gasteiger partial charge in [-0.05, 0) is 35.2 Å². The Morgan fingerprint density at radius 2 is 1.85 bits per heavy atom. The predicted molar refractivity (Wildman–Crippen MR) is 158 cm³/mol. The molecule has 212 valence electrons. The maximum atomic E-state index is 12.3. The third kappa shape index (κ3) is 7.08. The van der Waals surface area contributed by atoms with E-state index in [9.17, 15) is 9.59 Å². The molecular formula is C31H35N7O3. The van der Waals surface area contributed by atoms with Crippen molar-refractivity contribution in [3.8, 4) is 28.3 Å². The van der Waals surface area contributed by atoms with Gasteiger partial charge in [-0.3, -0.25) is 14.7 Å². The van der Waals surface area contributed by atoms with Gasteiger partial charge in [-0.15, -0.1) is 0 Å². The summed E-state index contributed by atoms with van der Waals surface area (Å²) in [4.78, 5) is 36.0. The minimum absolute atomic E-state index is 0.00553. The van der Waals surface area contributed by atoms with E-state index >= 15 is 0 Å². The van der Waals surface area contributed by atoms with Gasteiger partial charge in [0.25, 0.3) is 5.91 Å². The predicted octanol–water partition coefficient (Wildman–Crippen LogP) is 4.72. The SMILES string of the molecule is CC(=O)N1CCc2nc(-c3cccc(OCC(=O)NCC(C)(C)C)c3)nc(Nc3ccc(-c4cn[nH]c4)cc3)c2C1. The van der Waals surface area contributed by atoms with Gasteiger partial charge in [0.15, 0.2) is 12.4 Å². The van der Waals surface area contributed by atoms with E-state index in [1.54, 1.807) is 18.0 Å². The van der Waals surface area contributed by atoms with Crippen molar-refractivity contribution >= 4 is 23.3 Å². The number of nitrogens with one attached hydrogen (secondary N) is 3. The molecule has 0 spiro atoms. The summed E-state index contributed by atoms with van der Waals surface area (Å²) in [6, 6.07) is 15.4. The van der Waals surface area contributed by atoms with Crippen LogP contribution in [0.5, 0.6) is 5.75 Å². The molecule has 1 aliphatic rings. The molecule has 0 fully saturated rings. The summed E-state index contributed by atoms with van der Waals surface area (Å²) in [5, 5.41) is 13.2. The van der Waals surface area contributed by atoms with Crippen molar-refractivity contribution in [3.63, 3.8) is 0 Å². The van der Waals surface area contributed by atoms with Crippen molar-refractivity contribution in [2.45, 2.75) is 40.7 Å². The molecular weight excluding hydrogens is 518 g/mol. The summed E-state index contributed by atoms with van der Waals surface area (Å²) < 4.78 is 5.78. The van der Waals surface area contributed by atoms with Gasteiger partial charge >= 0.3 is 0 Å². The fourth-order valence-corrected chi connectivity index (χ4v) is 4.50. The Balaban J connectivity index is 1.40. The second-order valence-corrected chi connectivity index (χ2v) is 11.4. The molecule has 5 rings (SSSR count). The number of carbonyl (C=O) groups is 2. The summed E-state index contributed by atoms with van der Waals surface area (Å²) >= 11 is 0. The van der Waals surface area contributed by atoms with Crippen molar-refractivity contribution in [2.24, 2.45) is 5.41 Å². The lowest BCUT2D eigenvalue weighted by atomic mass is 9.97. The molecule has 0 unspecified atom stereocenters. The highest BCUT2D eigenvalue weighted by molar-refractivity contribution is 5.77. The molecule has 0 bridgehead atoms. The second-order valence-electron chi connectivity index (χ2n) is 11.4. The summed E-state index contributed by atoms with van der Waals surface area (Å²) in [5.41, 5.74) is 5.48. The van der Waals surface area contributed by atoms with Gasteiger partial charge in [-0.25, -0.2) is 9.97 Å². The number of hydrogen-bond donors (Lipinski definition) is 3. The first-order valence-corrected chi connectivity index (χ1v) is 13.7. The average Bonchev–Trinajstić information content (AvgIpc) is 3.50. The van der Waals surface area contributed by atoms with Gasteiger partial charge < -0.3 is 20.3 Å². The maximum absolute atomic E-state index is 12.3. The standard InChI is InChI=1S/C31H35N7O3/c1-20(39)38-13-12-27-26(17-38)30(35-24-10-8-21(9-11-24)23-15-33-34-16-23)37-29(36-27)22-6-5-7-25(14-22)41-18-28(40)32-19-31(2,3)4/h5-11,14-16H,12-13,17-19H2,1-4H3,(H,32,40)(H,33,34)(H,35,36,37). The smallest absolute Gasteiger partial charge is 0.257 e. The molecule has 3 N–H and O–H groups in total. The molecule has 4 aromatic rings. The number of carbonyl (C=O) groups excluding carboxylic acids is 2. The van der Waals surface area contributed by atoms with E-state index in [1.807, 2.05) is 54.7 Å². The molecule has 2 aromatic heterocycles. The van der Waals surface area contributed by atoms with Crippen LogP contribution in [0.4, 0.5) is 11.5 Å². The van der Waals surface area contributed by atoms with Crippen molar-refractivity contribution in [3.05, 3.63) is 72.2 Å². The van der Waals surface area contributed by atoms with Crippen LogP contribution in [0.25, 0.3) is 22.5 Å². The largest absolute Gasteiger partial charge is 0.484 e. The first kappa shape index (κ1) is 27.8. The molecule has 0 aliphatic carbocycles. The van der Waals surface area contributed by atoms with E-state index in [-0.39, 0.29) is 23.8 Å². The third-order valence-corrected chi connectivity index (χ3v) is 6.76. The van der Waals surface area contributed by atoms with E-state index in [2.05, 4.69) is 41.6 Å². The Morgan fingerprint density at radius 1 is 1.05 bits per heavy atom. The number of benzene rings is 2. The molecule has 0 saturated heterocycles. The molecule has 3 heterocycles. The van der Waals surface area contributed by atoms with Crippen LogP contribution in [0, 0.1) is 5.41 Å². The maximum Gasteiger partial charge on any atom is 0.257 e. The number of ether oxygens (including phenoxy) is 1. The zero-order valence-electron chi connectivity index (χ0n) is 23.8. The van der Waals surface area contributed by atoms with Crippen LogP contribution in [0.2, 0.25) is 0 Å².